The van der Waals surface area contributed by atoms with Gasteiger partial charge < -0.3 is 9.64 Å². The SMILES string of the molecule is O=C(/C=C/c1c(F)cccc1F)c1ccc(N2CCOCC2)cc1. The van der Waals surface area contributed by atoms with E-state index in [-0.39, 0.29) is 11.3 Å². The summed E-state index contributed by atoms with van der Waals surface area (Å²) in [6.45, 7) is 3.02. The fraction of sp³-hybridized carbons (Fsp3) is 0.211. The van der Waals surface area contributed by atoms with Gasteiger partial charge in [0.15, 0.2) is 5.78 Å². The highest BCUT2D eigenvalue weighted by Gasteiger charge is 2.12. The van der Waals surface area contributed by atoms with Gasteiger partial charge in [-0.3, -0.25) is 4.79 Å². The van der Waals surface area contributed by atoms with Crippen LogP contribution in [0.5, 0.6) is 0 Å². The first kappa shape index (κ1) is 16.3. The molecular weight excluding hydrogens is 312 g/mol. The van der Waals surface area contributed by atoms with Crippen molar-refractivity contribution in [2.45, 2.75) is 0 Å². The number of rotatable bonds is 4. The number of carbonyl (C=O) groups is 1. The number of carbonyl (C=O) groups excluding carboxylic acids is 1. The van der Waals surface area contributed by atoms with E-state index in [4.69, 9.17) is 4.74 Å². The lowest BCUT2D eigenvalue weighted by atomic mass is 10.1. The molecule has 0 amide bonds. The van der Waals surface area contributed by atoms with E-state index in [2.05, 4.69) is 4.90 Å². The quantitative estimate of drug-likeness (QED) is 0.633. The first-order chi connectivity index (χ1) is 11.6. The number of ether oxygens (including phenoxy) is 1. The van der Waals surface area contributed by atoms with Gasteiger partial charge in [0.2, 0.25) is 0 Å². The zero-order valence-corrected chi connectivity index (χ0v) is 13.0. The van der Waals surface area contributed by atoms with Crippen molar-refractivity contribution in [3.05, 3.63) is 71.3 Å². The van der Waals surface area contributed by atoms with Gasteiger partial charge in [-0.15, -0.1) is 0 Å². The molecule has 0 aliphatic carbocycles. The minimum atomic E-state index is -0.693. The summed E-state index contributed by atoms with van der Waals surface area (Å²) < 4.78 is 32.4. The Kier molecular flexibility index (Phi) is 5.01. The molecule has 1 aliphatic heterocycles. The van der Waals surface area contributed by atoms with Gasteiger partial charge in [-0.05, 0) is 48.6 Å². The lowest BCUT2D eigenvalue weighted by molar-refractivity contribution is 0.104. The molecule has 1 saturated heterocycles. The molecule has 1 fully saturated rings. The minimum absolute atomic E-state index is 0.212. The molecule has 5 heteroatoms. The second-order valence-corrected chi connectivity index (χ2v) is 5.48. The highest BCUT2D eigenvalue weighted by atomic mass is 19.1. The van der Waals surface area contributed by atoms with Crippen molar-refractivity contribution in [3.63, 3.8) is 0 Å². The summed E-state index contributed by atoms with van der Waals surface area (Å²) >= 11 is 0. The molecule has 1 aliphatic rings. The first-order valence-electron chi connectivity index (χ1n) is 7.74. The van der Waals surface area contributed by atoms with E-state index in [1.54, 1.807) is 12.1 Å². The lowest BCUT2D eigenvalue weighted by Crippen LogP contribution is -2.36. The molecular formula is C19H17F2NO2. The average Bonchev–Trinajstić information content (AvgIpc) is 2.62. The number of halogens is 2. The second kappa shape index (κ2) is 7.36. The number of benzene rings is 2. The van der Waals surface area contributed by atoms with Gasteiger partial charge in [0.25, 0.3) is 0 Å². The largest absolute Gasteiger partial charge is 0.378 e. The molecule has 0 atom stereocenters. The summed E-state index contributed by atoms with van der Waals surface area (Å²) in [5.41, 5.74) is 1.29. The molecule has 3 rings (SSSR count). The molecule has 0 saturated carbocycles. The maximum atomic E-state index is 13.5. The van der Waals surface area contributed by atoms with Crippen LogP contribution in [-0.4, -0.2) is 32.1 Å². The Labute approximate surface area is 139 Å². The summed E-state index contributed by atoms with van der Waals surface area (Å²) in [5, 5.41) is 0. The van der Waals surface area contributed by atoms with Gasteiger partial charge in [0.1, 0.15) is 11.6 Å². The van der Waals surface area contributed by atoms with Gasteiger partial charge in [-0.25, -0.2) is 8.78 Å². The molecule has 2 aromatic carbocycles. The Hall–Kier alpha value is -2.53. The summed E-state index contributed by atoms with van der Waals surface area (Å²) in [6.07, 6.45) is 2.36. The van der Waals surface area contributed by atoms with Crippen LogP contribution in [-0.2, 0) is 4.74 Å². The molecule has 0 aromatic heterocycles. The summed E-state index contributed by atoms with van der Waals surface area (Å²) in [4.78, 5) is 14.3. The normalized spacial score (nSPS) is 15.0. The number of hydrogen-bond acceptors (Lipinski definition) is 3. The van der Waals surface area contributed by atoms with E-state index < -0.39 is 11.6 Å². The number of allylic oxidation sites excluding steroid dienone is 1. The highest BCUT2D eigenvalue weighted by Crippen LogP contribution is 2.18. The van der Waals surface area contributed by atoms with Crippen molar-refractivity contribution in [3.8, 4) is 0 Å². The third-order valence-electron chi connectivity index (χ3n) is 3.93. The predicted octanol–water partition coefficient (Wildman–Crippen LogP) is 3.70. The third kappa shape index (κ3) is 3.68. The zero-order valence-electron chi connectivity index (χ0n) is 13.0. The second-order valence-electron chi connectivity index (χ2n) is 5.48. The van der Waals surface area contributed by atoms with Crippen molar-refractivity contribution in [2.75, 3.05) is 31.2 Å². The van der Waals surface area contributed by atoms with Gasteiger partial charge in [0, 0.05) is 29.9 Å². The van der Waals surface area contributed by atoms with Gasteiger partial charge in [-0.1, -0.05) is 6.07 Å². The van der Waals surface area contributed by atoms with E-state index in [0.29, 0.717) is 18.8 Å². The van der Waals surface area contributed by atoms with E-state index in [1.807, 2.05) is 12.1 Å². The Balaban J connectivity index is 1.72. The van der Waals surface area contributed by atoms with Crippen LogP contribution in [0.1, 0.15) is 15.9 Å². The summed E-state index contributed by atoms with van der Waals surface area (Å²) in [5.74, 6) is -1.69. The number of anilines is 1. The fourth-order valence-corrected chi connectivity index (χ4v) is 2.58. The van der Waals surface area contributed by atoms with E-state index in [1.165, 1.54) is 18.2 Å². The third-order valence-corrected chi connectivity index (χ3v) is 3.93. The van der Waals surface area contributed by atoms with Crippen molar-refractivity contribution < 1.29 is 18.3 Å². The fourth-order valence-electron chi connectivity index (χ4n) is 2.58. The van der Waals surface area contributed by atoms with Gasteiger partial charge >= 0.3 is 0 Å². The van der Waals surface area contributed by atoms with Crippen LogP contribution in [0.25, 0.3) is 6.08 Å². The number of ketones is 1. The van der Waals surface area contributed by atoms with Crippen molar-refractivity contribution in [2.24, 2.45) is 0 Å². The Morgan fingerprint density at radius 3 is 2.25 bits per heavy atom. The predicted molar refractivity (Wildman–Crippen MR) is 89.2 cm³/mol. The topological polar surface area (TPSA) is 29.5 Å². The average molecular weight is 329 g/mol. The van der Waals surface area contributed by atoms with Crippen LogP contribution in [0.15, 0.2) is 48.5 Å². The molecule has 1 heterocycles. The van der Waals surface area contributed by atoms with Crippen LogP contribution in [0, 0.1) is 11.6 Å². The summed E-state index contributed by atoms with van der Waals surface area (Å²) in [6, 6.07) is 10.8. The molecule has 0 spiro atoms. The maximum Gasteiger partial charge on any atom is 0.185 e. The smallest absolute Gasteiger partial charge is 0.185 e. The number of morpholine rings is 1. The van der Waals surface area contributed by atoms with Gasteiger partial charge in [0.05, 0.1) is 13.2 Å². The summed E-state index contributed by atoms with van der Waals surface area (Å²) in [7, 11) is 0. The van der Waals surface area contributed by atoms with Crippen LogP contribution in [0.3, 0.4) is 0 Å². The lowest BCUT2D eigenvalue weighted by Gasteiger charge is -2.28. The number of nitrogens with zero attached hydrogens (tertiary/aromatic N) is 1. The molecule has 2 aromatic rings. The molecule has 0 bridgehead atoms. The standard InChI is InChI=1S/C19H17F2NO2/c20-17-2-1-3-18(21)16(17)8-9-19(23)14-4-6-15(7-5-14)22-10-12-24-13-11-22/h1-9H,10-13H2/b9-8+. The van der Waals surface area contributed by atoms with E-state index in [0.717, 1.165) is 30.9 Å². The Morgan fingerprint density at radius 1 is 1.00 bits per heavy atom. The first-order valence-corrected chi connectivity index (χ1v) is 7.74. The van der Waals surface area contributed by atoms with Crippen molar-refractivity contribution >= 4 is 17.5 Å². The molecule has 0 N–H and O–H groups in total. The van der Waals surface area contributed by atoms with Crippen LogP contribution in [0.2, 0.25) is 0 Å². The zero-order chi connectivity index (χ0) is 16.9. The van der Waals surface area contributed by atoms with Gasteiger partial charge in [-0.2, -0.15) is 0 Å². The van der Waals surface area contributed by atoms with Crippen LogP contribution in [0.4, 0.5) is 14.5 Å². The molecule has 0 radical (unpaired) electrons. The molecule has 24 heavy (non-hydrogen) atoms. The number of hydrogen-bond donors (Lipinski definition) is 0. The van der Waals surface area contributed by atoms with Crippen molar-refractivity contribution in [1.82, 2.24) is 0 Å². The van der Waals surface area contributed by atoms with Crippen molar-refractivity contribution in [1.29, 1.82) is 0 Å². The van der Waals surface area contributed by atoms with E-state index in [9.17, 15) is 13.6 Å². The van der Waals surface area contributed by atoms with Crippen LogP contribution < -0.4 is 4.90 Å². The minimum Gasteiger partial charge on any atom is -0.378 e. The van der Waals surface area contributed by atoms with E-state index >= 15 is 0 Å². The molecule has 0 unspecified atom stereocenters. The molecule has 3 nitrogen and oxygen atoms in total. The highest BCUT2D eigenvalue weighted by molar-refractivity contribution is 6.07. The maximum absolute atomic E-state index is 13.5. The Morgan fingerprint density at radius 2 is 1.62 bits per heavy atom. The molecule has 124 valence electrons. The Bertz CT molecular complexity index is 730. The monoisotopic (exact) mass is 329 g/mol. The van der Waals surface area contributed by atoms with Crippen LogP contribution >= 0.6 is 0 Å².